The molecule has 9 heteroatoms. The molecule has 0 aliphatic heterocycles. The van der Waals surface area contributed by atoms with Crippen molar-refractivity contribution in [3.63, 3.8) is 0 Å². The number of anilines is 1. The lowest BCUT2D eigenvalue weighted by Crippen LogP contribution is -2.17. The highest BCUT2D eigenvalue weighted by Gasteiger charge is 2.26. The maximum absolute atomic E-state index is 12.8. The van der Waals surface area contributed by atoms with Crippen LogP contribution in [0.15, 0.2) is 35.5 Å². The first-order chi connectivity index (χ1) is 16.6. The van der Waals surface area contributed by atoms with Gasteiger partial charge in [-0.15, -0.1) is 21.5 Å². The van der Waals surface area contributed by atoms with Gasteiger partial charge in [-0.05, 0) is 50.2 Å². The molecule has 0 atom stereocenters. The first-order valence-corrected chi connectivity index (χ1v) is 13.5. The minimum absolute atomic E-state index is 0.166. The second-order valence-corrected chi connectivity index (χ2v) is 10.3. The highest BCUT2D eigenvalue weighted by molar-refractivity contribution is 7.99. The third-order valence-electron chi connectivity index (χ3n) is 5.89. The van der Waals surface area contributed by atoms with E-state index in [-0.39, 0.29) is 17.6 Å². The molecular formula is C25H30N4O3S2. The van der Waals surface area contributed by atoms with E-state index in [1.807, 2.05) is 29.8 Å². The number of carbonyl (C=O) groups excluding carboxylic acids is 2. The summed E-state index contributed by atoms with van der Waals surface area (Å²) in [6.07, 6.45) is 6.79. The van der Waals surface area contributed by atoms with Gasteiger partial charge in [-0.3, -0.25) is 4.79 Å². The maximum Gasteiger partial charge on any atom is 0.341 e. The van der Waals surface area contributed by atoms with Crippen molar-refractivity contribution in [2.24, 2.45) is 7.05 Å². The number of esters is 1. The summed E-state index contributed by atoms with van der Waals surface area (Å²) in [5.41, 5.74) is 2.86. The lowest BCUT2D eigenvalue weighted by molar-refractivity contribution is -0.113. The van der Waals surface area contributed by atoms with Crippen molar-refractivity contribution in [2.45, 2.75) is 57.0 Å². The van der Waals surface area contributed by atoms with Gasteiger partial charge in [0.15, 0.2) is 5.16 Å². The summed E-state index contributed by atoms with van der Waals surface area (Å²) in [4.78, 5) is 26.7. The minimum Gasteiger partial charge on any atom is -0.462 e. The van der Waals surface area contributed by atoms with Gasteiger partial charge in [-0.25, -0.2) is 4.79 Å². The molecule has 0 bridgehead atoms. The zero-order chi connectivity index (χ0) is 23.9. The highest BCUT2D eigenvalue weighted by atomic mass is 32.2. The first kappa shape index (κ1) is 24.5. The predicted octanol–water partition coefficient (Wildman–Crippen LogP) is 4.84. The summed E-state index contributed by atoms with van der Waals surface area (Å²) < 4.78 is 7.25. The number of thioether (sulfide) groups is 1. The van der Waals surface area contributed by atoms with Gasteiger partial charge in [0.25, 0.3) is 0 Å². The number of hydrogen-bond acceptors (Lipinski definition) is 7. The number of amides is 1. The molecule has 34 heavy (non-hydrogen) atoms. The fourth-order valence-corrected chi connectivity index (χ4v) is 6.16. The third kappa shape index (κ3) is 5.88. The lowest BCUT2D eigenvalue weighted by Gasteiger charge is -2.08. The van der Waals surface area contributed by atoms with Gasteiger partial charge >= 0.3 is 5.97 Å². The van der Waals surface area contributed by atoms with Crippen molar-refractivity contribution in [1.29, 1.82) is 0 Å². The Kier molecular flexibility index (Phi) is 8.39. The molecule has 1 aromatic carbocycles. The van der Waals surface area contributed by atoms with Gasteiger partial charge in [0.05, 0.1) is 17.9 Å². The summed E-state index contributed by atoms with van der Waals surface area (Å²) in [6.45, 7) is 2.11. The van der Waals surface area contributed by atoms with Crippen LogP contribution in [0.1, 0.15) is 58.4 Å². The normalized spacial score (nSPS) is 13.2. The Bertz CT molecular complexity index is 1140. The predicted molar refractivity (Wildman–Crippen MR) is 136 cm³/mol. The standard InChI is InChI=1S/C25H30N4O3S2/c1-3-32-24(31)22-18-12-8-5-9-13-19(18)34-23(22)26-21(30)16-33-25-28-27-20(29(25)2)15-14-17-10-6-4-7-11-17/h4,6-7,10-11H,3,5,8-9,12-16H2,1-2H3,(H,26,30). The Morgan fingerprint density at radius 1 is 1.12 bits per heavy atom. The molecule has 0 radical (unpaired) electrons. The largest absolute Gasteiger partial charge is 0.462 e. The monoisotopic (exact) mass is 498 g/mol. The second-order valence-electron chi connectivity index (χ2n) is 8.27. The number of fused-ring (bicyclic) bond motifs is 1. The number of nitrogens with one attached hydrogen (secondary N) is 1. The zero-order valence-corrected chi connectivity index (χ0v) is 21.3. The van der Waals surface area contributed by atoms with Crippen molar-refractivity contribution < 1.29 is 14.3 Å². The molecule has 1 aliphatic carbocycles. The molecule has 0 unspecified atom stereocenters. The average Bonchev–Trinajstić information content (AvgIpc) is 3.27. The smallest absolute Gasteiger partial charge is 0.341 e. The molecule has 1 amide bonds. The molecule has 1 N–H and O–H groups in total. The summed E-state index contributed by atoms with van der Waals surface area (Å²) in [5.74, 6) is 0.565. The maximum atomic E-state index is 12.8. The van der Waals surface area contributed by atoms with Crippen LogP contribution < -0.4 is 5.32 Å². The van der Waals surface area contributed by atoms with Crippen LogP contribution in [0.4, 0.5) is 5.00 Å². The Morgan fingerprint density at radius 3 is 2.71 bits per heavy atom. The van der Waals surface area contributed by atoms with Gasteiger partial charge in [-0.2, -0.15) is 0 Å². The van der Waals surface area contributed by atoms with E-state index in [1.54, 1.807) is 6.92 Å². The van der Waals surface area contributed by atoms with Crippen molar-refractivity contribution in [2.75, 3.05) is 17.7 Å². The number of nitrogens with zero attached hydrogens (tertiary/aromatic N) is 3. The van der Waals surface area contributed by atoms with E-state index in [4.69, 9.17) is 4.74 Å². The van der Waals surface area contributed by atoms with Gasteiger partial charge in [0.2, 0.25) is 5.91 Å². The fraction of sp³-hybridized carbons (Fsp3) is 0.440. The van der Waals surface area contributed by atoms with Crippen molar-refractivity contribution in [3.05, 3.63) is 57.7 Å². The van der Waals surface area contributed by atoms with Gasteiger partial charge < -0.3 is 14.6 Å². The number of thiophene rings is 1. The number of ether oxygens (including phenoxy) is 1. The number of benzene rings is 1. The fourth-order valence-electron chi connectivity index (χ4n) is 4.13. The van der Waals surface area contributed by atoms with E-state index in [1.165, 1.54) is 33.5 Å². The molecule has 2 aromatic heterocycles. The van der Waals surface area contributed by atoms with E-state index in [0.29, 0.717) is 22.3 Å². The van der Waals surface area contributed by atoms with Crippen LogP contribution in [0.25, 0.3) is 0 Å². The molecule has 3 aromatic rings. The number of aromatic nitrogens is 3. The Hall–Kier alpha value is -2.65. The molecule has 180 valence electrons. The lowest BCUT2D eigenvalue weighted by atomic mass is 10.1. The summed E-state index contributed by atoms with van der Waals surface area (Å²) >= 11 is 2.86. The number of rotatable bonds is 9. The topological polar surface area (TPSA) is 86.1 Å². The van der Waals surface area contributed by atoms with E-state index >= 15 is 0 Å². The van der Waals surface area contributed by atoms with Crippen LogP contribution in [-0.4, -0.2) is 39.0 Å². The molecule has 1 aliphatic rings. The number of aryl methyl sites for hydroxylation is 3. The van der Waals surface area contributed by atoms with Gasteiger partial charge in [0.1, 0.15) is 10.8 Å². The average molecular weight is 499 g/mol. The summed E-state index contributed by atoms with van der Waals surface area (Å²) in [5, 5.41) is 12.8. The Balaban J connectivity index is 1.39. The van der Waals surface area contributed by atoms with Crippen LogP contribution in [0.2, 0.25) is 0 Å². The third-order valence-corrected chi connectivity index (χ3v) is 8.12. The highest BCUT2D eigenvalue weighted by Crippen LogP contribution is 2.38. The molecular weight excluding hydrogens is 468 g/mol. The van der Waals surface area contributed by atoms with E-state index < -0.39 is 0 Å². The van der Waals surface area contributed by atoms with Gasteiger partial charge in [-0.1, -0.05) is 48.5 Å². The Morgan fingerprint density at radius 2 is 1.91 bits per heavy atom. The van der Waals surface area contributed by atoms with Crippen LogP contribution >= 0.6 is 23.1 Å². The first-order valence-electron chi connectivity index (χ1n) is 11.7. The van der Waals surface area contributed by atoms with Crippen LogP contribution in [-0.2, 0) is 42.3 Å². The van der Waals surface area contributed by atoms with E-state index in [0.717, 1.165) is 56.3 Å². The molecule has 0 spiro atoms. The summed E-state index contributed by atoms with van der Waals surface area (Å²) in [6, 6.07) is 10.3. The van der Waals surface area contributed by atoms with Crippen LogP contribution in [0.5, 0.6) is 0 Å². The quantitative estimate of drug-likeness (QED) is 0.258. The summed E-state index contributed by atoms with van der Waals surface area (Å²) in [7, 11) is 1.93. The minimum atomic E-state index is -0.346. The second kappa shape index (κ2) is 11.7. The molecule has 4 rings (SSSR count). The van der Waals surface area contributed by atoms with E-state index in [2.05, 4.69) is 27.6 Å². The van der Waals surface area contributed by atoms with Crippen molar-refractivity contribution >= 4 is 40.0 Å². The number of hydrogen-bond donors (Lipinski definition) is 1. The van der Waals surface area contributed by atoms with E-state index in [9.17, 15) is 9.59 Å². The van der Waals surface area contributed by atoms with Crippen molar-refractivity contribution in [3.8, 4) is 0 Å². The van der Waals surface area contributed by atoms with Crippen LogP contribution in [0.3, 0.4) is 0 Å². The Labute approximate surface area is 208 Å². The molecule has 2 heterocycles. The molecule has 0 saturated carbocycles. The molecule has 0 fully saturated rings. The zero-order valence-electron chi connectivity index (χ0n) is 19.6. The molecule has 0 saturated heterocycles. The number of carbonyl (C=O) groups is 2. The molecule has 7 nitrogen and oxygen atoms in total. The SMILES string of the molecule is CCOC(=O)c1c(NC(=O)CSc2nnc(CCc3ccccc3)n2C)sc2c1CCCCC2. The van der Waals surface area contributed by atoms with Gasteiger partial charge in [0, 0.05) is 18.3 Å². The van der Waals surface area contributed by atoms with Crippen molar-refractivity contribution in [1.82, 2.24) is 14.8 Å². The van der Waals surface area contributed by atoms with Crippen LogP contribution in [0, 0.1) is 0 Å².